The molecule has 0 saturated carbocycles. The molecule has 1 heterocycles. The van der Waals surface area contributed by atoms with Crippen LogP contribution in [0.15, 0.2) is 30.5 Å². The Bertz CT molecular complexity index is 659. The van der Waals surface area contributed by atoms with E-state index in [1.807, 2.05) is 24.4 Å². The number of aryl methyl sites for hydroxylation is 1. The molecular weight excluding hydrogens is 260 g/mol. The Kier molecular flexibility index (Phi) is 4.27. The van der Waals surface area contributed by atoms with Crippen LogP contribution in [0.1, 0.15) is 18.9 Å². The summed E-state index contributed by atoms with van der Waals surface area (Å²) in [5, 5.41) is 1.16. The van der Waals surface area contributed by atoms with Crippen LogP contribution in [-0.4, -0.2) is 24.5 Å². The van der Waals surface area contributed by atoms with E-state index in [4.69, 9.17) is 5.73 Å². The zero-order valence-electron chi connectivity index (χ0n) is 11.2. The van der Waals surface area contributed by atoms with Crippen LogP contribution in [0.5, 0.6) is 0 Å². The van der Waals surface area contributed by atoms with Gasteiger partial charge in [-0.1, -0.05) is 25.1 Å². The van der Waals surface area contributed by atoms with Crippen LogP contribution in [0.4, 0.5) is 0 Å². The molecule has 5 heteroatoms. The lowest BCUT2D eigenvalue weighted by Crippen LogP contribution is -2.11. The quantitative estimate of drug-likeness (QED) is 0.879. The van der Waals surface area contributed by atoms with Crippen molar-refractivity contribution in [3.63, 3.8) is 0 Å². The van der Waals surface area contributed by atoms with Gasteiger partial charge < -0.3 is 10.3 Å². The topological polar surface area (TPSA) is 65.1 Å². The number of benzene rings is 1. The van der Waals surface area contributed by atoms with Gasteiger partial charge >= 0.3 is 0 Å². The Labute approximate surface area is 114 Å². The number of fused-ring (bicyclic) bond motifs is 1. The van der Waals surface area contributed by atoms with Crippen LogP contribution in [0.2, 0.25) is 0 Å². The van der Waals surface area contributed by atoms with Crippen molar-refractivity contribution in [2.45, 2.75) is 26.4 Å². The molecular formula is C14H20N2O2S. The molecule has 0 fully saturated rings. The Morgan fingerprint density at radius 3 is 2.68 bits per heavy atom. The van der Waals surface area contributed by atoms with E-state index in [0.717, 1.165) is 16.5 Å². The zero-order valence-corrected chi connectivity index (χ0v) is 12.0. The third-order valence-electron chi connectivity index (χ3n) is 3.39. The van der Waals surface area contributed by atoms with Crippen LogP contribution in [0, 0.1) is 0 Å². The van der Waals surface area contributed by atoms with Gasteiger partial charge in [0.1, 0.15) is 9.84 Å². The van der Waals surface area contributed by atoms with Gasteiger partial charge in [0.05, 0.1) is 5.75 Å². The summed E-state index contributed by atoms with van der Waals surface area (Å²) >= 11 is 0. The van der Waals surface area contributed by atoms with Crippen molar-refractivity contribution < 1.29 is 8.42 Å². The van der Waals surface area contributed by atoms with Gasteiger partial charge in [-0.15, -0.1) is 0 Å². The number of aromatic nitrogens is 1. The molecule has 19 heavy (non-hydrogen) atoms. The number of nitrogens with two attached hydrogens (primary N) is 1. The first-order valence-electron chi connectivity index (χ1n) is 6.54. The monoisotopic (exact) mass is 280 g/mol. The average Bonchev–Trinajstić information content (AvgIpc) is 2.77. The van der Waals surface area contributed by atoms with Crippen molar-refractivity contribution in [3.8, 4) is 0 Å². The molecule has 1 aromatic heterocycles. The van der Waals surface area contributed by atoms with Crippen molar-refractivity contribution in [2.24, 2.45) is 5.73 Å². The molecule has 4 nitrogen and oxygen atoms in total. The summed E-state index contributed by atoms with van der Waals surface area (Å²) in [6.07, 6.45) is 2.67. The molecule has 2 aromatic rings. The van der Waals surface area contributed by atoms with Gasteiger partial charge in [-0.25, -0.2) is 8.42 Å². The molecule has 0 radical (unpaired) electrons. The fourth-order valence-electron chi connectivity index (χ4n) is 2.27. The summed E-state index contributed by atoms with van der Waals surface area (Å²) in [5.74, 6) is 0.460. The Balaban J connectivity index is 2.17. The highest BCUT2D eigenvalue weighted by atomic mass is 32.2. The number of rotatable bonds is 6. The fraction of sp³-hybridized carbons (Fsp3) is 0.429. The summed E-state index contributed by atoms with van der Waals surface area (Å²) in [7, 11) is -2.88. The van der Waals surface area contributed by atoms with Crippen molar-refractivity contribution in [1.82, 2.24) is 4.57 Å². The average molecular weight is 280 g/mol. The van der Waals surface area contributed by atoms with Gasteiger partial charge in [-0.2, -0.15) is 0 Å². The van der Waals surface area contributed by atoms with E-state index in [1.54, 1.807) is 6.92 Å². The first-order valence-corrected chi connectivity index (χ1v) is 8.37. The molecule has 0 spiro atoms. The van der Waals surface area contributed by atoms with E-state index in [9.17, 15) is 8.42 Å². The van der Waals surface area contributed by atoms with Crippen LogP contribution < -0.4 is 5.73 Å². The molecule has 104 valence electrons. The number of hydrogen-bond acceptors (Lipinski definition) is 3. The van der Waals surface area contributed by atoms with Gasteiger partial charge in [-0.05, 0) is 18.1 Å². The predicted molar refractivity (Wildman–Crippen MR) is 78.8 cm³/mol. The minimum absolute atomic E-state index is 0.216. The van der Waals surface area contributed by atoms with Crippen molar-refractivity contribution >= 4 is 20.7 Å². The molecule has 1 aromatic carbocycles. The van der Waals surface area contributed by atoms with E-state index in [2.05, 4.69) is 10.6 Å². The maximum Gasteiger partial charge on any atom is 0.150 e. The zero-order chi connectivity index (χ0) is 13.9. The van der Waals surface area contributed by atoms with Crippen molar-refractivity contribution in [1.29, 1.82) is 0 Å². The third-order valence-corrected chi connectivity index (χ3v) is 5.18. The number of sulfone groups is 1. The Morgan fingerprint density at radius 2 is 2.00 bits per heavy atom. The molecule has 0 amide bonds. The molecule has 2 N–H and O–H groups in total. The van der Waals surface area contributed by atoms with E-state index >= 15 is 0 Å². The van der Waals surface area contributed by atoms with Crippen LogP contribution in [0.3, 0.4) is 0 Å². The molecule has 0 aliphatic carbocycles. The number of nitrogens with zero attached hydrogens (tertiary/aromatic N) is 1. The van der Waals surface area contributed by atoms with Crippen molar-refractivity contribution in [2.75, 3.05) is 11.5 Å². The maximum absolute atomic E-state index is 11.5. The summed E-state index contributed by atoms with van der Waals surface area (Å²) < 4.78 is 25.1. The van der Waals surface area contributed by atoms with Crippen LogP contribution >= 0.6 is 0 Å². The second-order valence-electron chi connectivity index (χ2n) is 4.66. The fourth-order valence-corrected chi connectivity index (χ4v) is 3.13. The summed E-state index contributed by atoms with van der Waals surface area (Å²) in [4.78, 5) is 0. The number of hydrogen-bond donors (Lipinski definition) is 1. The lowest BCUT2D eigenvalue weighted by Gasteiger charge is -2.05. The summed E-state index contributed by atoms with van der Waals surface area (Å²) in [6.45, 7) is 2.90. The van der Waals surface area contributed by atoms with Gasteiger partial charge in [-0.3, -0.25) is 0 Å². The van der Waals surface area contributed by atoms with E-state index in [-0.39, 0.29) is 11.5 Å². The first-order chi connectivity index (χ1) is 9.07. The van der Waals surface area contributed by atoms with Gasteiger partial charge in [0, 0.05) is 35.9 Å². The summed E-state index contributed by atoms with van der Waals surface area (Å²) in [6, 6.07) is 8.08. The molecule has 0 aliphatic heterocycles. The third kappa shape index (κ3) is 3.16. The molecule has 0 aliphatic rings. The standard InChI is InChI=1S/C14H20N2O2S/c1-2-19(17,18)9-5-8-16-11-12(10-15)13-6-3-4-7-14(13)16/h3-4,6-7,11H,2,5,8-10,15H2,1H3. The molecule has 0 atom stereocenters. The van der Waals surface area contributed by atoms with Crippen LogP contribution in [0.25, 0.3) is 10.9 Å². The lowest BCUT2D eigenvalue weighted by molar-refractivity contribution is 0.589. The van der Waals surface area contributed by atoms with Gasteiger partial charge in [0.25, 0.3) is 0 Å². The van der Waals surface area contributed by atoms with E-state index in [1.165, 1.54) is 0 Å². The smallest absolute Gasteiger partial charge is 0.150 e. The molecule has 2 rings (SSSR count). The van der Waals surface area contributed by atoms with Crippen LogP contribution in [-0.2, 0) is 22.9 Å². The van der Waals surface area contributed by atoms with Gasteiger partial charge in [0.15, 0.2) is 0 Å². The Hall–Kier alpha value is -1.33. The minimum atomic E-state index is -2.88. The van der Waals surface area contributed by atoms with Crippen molar-refractivity contribution in [3.05, 3.63) is 36.0 Å². The molecule has 0 saturated heterocycles. The predicted octanol–water partition coefficient (Wildman–Crippen LogP) is 1.92. The minimum Gasteiger partial charge on any atom is -0.347 e. The lowest BCUT2D eigenvalue weighted by atomic mass is 10.2. The summed E-state index contributed by atoms with van der Waals surface area (Å²) in [5.41, 5.74) is 7.97. The second kappa shape index (κ2) is 5.75. The largest absolute Gasteiger partial charge is 0.347 e. The van der Waals surface area contributed by atoms with Gasteiger partial charge in [0.2, 0.25) is 0 Å². The highest BCUT2D eigenvalue weighted by Crippen LogP contribution is 2.21. The highest BCUT2D eigenvalue weighted by molar-refractivity contribution is 7.91. The normalized spacial score (nSPS) is 12.1. The van der Waals surface area contributed by atoms with E-state index < -0.39 is 9.84 Å². The molecule has 0 unspecified atom stereocenters. The Morgan fingerprint density at radius 1 is 1.26 bits per heavy atom. The molecule has 0 bridgehead atoms. The maximum atomic E-state index is 11.5. The number of para-hydroxylation sites is 1. The first kappa shape index (κ1) is 14.1. The van der Waals surface area contributed by atoms with E-state index in [0.29, 0.717) is 19.5 Å². The second-order valence-corrected chi connectivity index (χ2v) is 7.13. The highest BCUT2D eigenvalue weighted by Gasteiger charge is 2.09. The SMILES string of the molecule is CCS(=O)(=O)CCCn1cc(CN)c2ccccc21.